The number of hydrogen-bond donors (Lipinski definition) is 3. The van der Waals surface area contributed by atoms with Gasteiger partial charge in [-0.2, -0.15) is 4.98 Å². The van der Waals surface area contributed by atoms with E-state index in [0.29, 0.717) is 61.1 Å². The molecule has 3 N–H and O–H groups in total. The second kappa shape index (κ2) is 11.1. The van der Waals surface area contributed by atoms with Gasteiger partial charge in [0, 0.05) is 49.7 Å². The molecule has 2 aromatic rings. The van der Waals surface area contributed by atoms with E-state index in [1.165, 1.54) is 6.92 Å². The molecule has 11 heteroatoms. The Bertz CT molecular complexity index is 1240. The Balaban J connectivity index is 1.16. The summed E-state index contributed by atoms with van der Waals surface area (Å²) < 4.78 is 5.25. The number of rotatable bonds is 10. The number of carbonyl (C=O) groups is 3. The van der Waals surface area contributed by atoms with E-state index in [9.17, 15) is 14.4 Å². The van der Waals surface area contributed by atoms with Crippen LogP contribution in [0.4, 0.5) is 5.69 Å². The zero-order valence-corrected chi connectivity index (χ0v) is 19.2. The van der Waals surface area contributed by atoms with Crippen LogP contribution in [0.25, 0.3) is 11.4 Å². The van der Waals surface area contributed by atoms with Crippen molar-refractivity contribution in [1.29, 1.82) is 0 Å². The van der Waals surface area contributed by atoms with Crippen molar-refractivity contribution in [2.75, 3.05) is 18.4 Å². The molecule has 3 amide bonds. The highest BCUT2D eigenvalue weighted by atomic mass is 16.5. The van der Waals surface area contributed by atoms with E-state index in [4.69, 9.17) is 4.52 Å². The topological polar surface area (TPSA) is 151 Å². The van der Waals surface area contributed by atoms with Crippen molar-refractivity contribution < 1.29 is 18.9 Å². The maximum atomic E-state index is 12.2. The molecule has 4 rings (SSSR count). The molecule has 0 saturated carbocycles. The first-order valence-electron chi connectivity index (χ1n) is 11.3. The monoisotopic (exact) mass is 475 g/mol. The minimum atomic E-state index is -0.324. The highest BCUT2D eigenvalue weighted by molar-refractivity contribution is 6.00. The number of nitrogens with one attached hydrogen (secondary N) is 3. The van der Waals surface area contributed by atoms with Gasteiger partial charge in [0.05, 0.1) is 5.57 Å². The summed E-state index contributed by atoms with van der Waals surface area (Å²) in [5.41, 5.74) is 2.85. The van der Waals surface area contributed by atoms with Crippen LogP contribution >= 0.6 is 0 Å². The first kappa shape index (κ1) is 23.7. The Morgan fingerprint density at radius 2 is 1.94 bits per heavy atom. The molecule has 1 aliphatic heterocycles. The number of aromatic nitrogens is 2. The molecule has 0 fully saturated rings. The van der Waals surface area contributed by atoms with Crippen LogP contribution in [0.5, 0.6) is 0 Å². The smallest absolute Gasteiger partial charge is 0.295 e. The molecule has 0 atom stereocenters. The Morgan fingerprint density at radius 1 is 1.11 bits per heavy atom. The summed E-state index contributed by atoms with van der Waals surface area (Å²) >= 11 is 0. The second-order valence-electron chi connectivity index (χ2n) is 7.95. The van der Waals surface area contributed by atoms with Crippen molar-refractivity contribution >= 4 is 23.4 Å². The summed E-state index contributed by atoms with van der Waals surface area (Å²) in [7, 11) is 0. The van der Waals surface area contributed by atoms with Gasteiger partial charge in [-0.1, -0.05) is 17.3 Å². The fraction of sp³-hybridized carbons (Fsp3) is 0.292. The van der Waals surface area contributed by atoms with E-state index in [1.807, 2.05) is 12.2 Å². The Morgan fingerprint density at radius 3 is 2.74 bits per heavy atom. The van der Waals surface area contributed by atoms with E-state index in [-0.39, 0.29) is 24.1 Å². The first-order valence-corrected chi connectivity index (χ1v) is 11.3. The lowest BCUT2D eigenvalue weighted by Crippen LogP contribution is -2.28. The normalized spacial score (nSPS) is 14.4. The number of carbonyl (C=O) groups excluding carboxylic acids is 3. The maximum Gasteiger partial charge on any atom is 0.295 e. The minimum Gasteiger partial charge on any atom is -0.368 e. The maximum absolute atomic E-state index is 12.2. The summed E-state index contributed by atoms with van der Waals surface area (Å²) in [5.74, 6) is 0.812. The Hall–Kier alpha value is -4.41. The van der Waals surface area contributed by atoms with Gasteiger partial charge in [0.25, 0.3) is 5.91 Å². The molecule has 11 nitrogen and oxygen atoms in total. The largest absolute Gasteiger partial charge is 0.368 e. The van der Waals surface area contributed by atoms with Crippen molar-refractivity contribution in [3.63, 3.8) is 0 Å². The van der Waals surface area contributed by atoms with Crippen molar-refractivity contribution in [1.82, 2.24) is 20.8 Å². The van der Waals surface area contributed by atoms with E-state index in [0.717, 1.165) is 11.1 Å². The number of aryl methyl sites for hydroxylation is 1. The van der Waals surface area contributed by atoms with Crippen LogP contribution < -0.4 is 16.0 Å². The highest BCUT2D eigenvalue weighted by Crippen LogP contribution is 2.27. The Labute approximate surface area is 201 Å². The van der Waals surface area contributed by atoms with Crippen molar-refractivity contribution in [2.45, 2.75) is 32.6 Å². The fourth-order valence-electron chi connectivity index (χ4n) is 3.55. The summed E-state index contributed by atoms with van der Waals surface area (Å²) in [6, 6.07) is 7.08. The van der Waals surface area contributed by atoms with Gasteiger partial charge >= 0.3 is 0 Å². The molecule has 0 unspecified atom stereocenters. The van der Waals surface area contributed by atoms with Crippen LogP contribution in [0.1, 0.15) is 32.1 Å². The van der Waals surface area contributed by atoms with Crippen LogP contribution in [0, 0.1) is 0 Å². The zero-order valence-electron chi connectivity index (χ0n) is 19.2. The number of azo groups is 1. The summed E-state index contributed by atoms with van der Waals surface area (Å²) in [6.07, 6.45) is 7.42. The lowest BCUT2D eigenvalue weighted by molar-refractivity contribution is -0.121. The number of benzene rings is 1. The Kier molecular flexibility index (Phi) is 7.56. The molecule has 1 aromatic carbocycles. The number of nitrogens with zero attached hydrogens (tertiary/aromatic N) is 4. The molecule has 0 spiro atoms. The van der Waals surface area contributed by atoms with Gasteiger partial charge in [-0.3, -0.25) is 14.4 Å². The molecule has 0 radical (unpaired) electrons. The first-order chi connectivity index (χ1) is 17.0. The average Bonchev–Trinajstić information content (AvgIpc) is 3.33. The predicted octanol–water partition coefficient (Wildman–Crippen LogP) is 2.81. The van der Waals surface area contributed by atoms with Gasteiger partial charge < -0.3 is 20.5 Å². The van der Waals surface area contributed by atoms with Crippen LogP contribution in [-0.4, -0.2) is 41.0 Å². The van der Waals surface area contributed by atoms with Crippen molar-refractivity contribution in [3.8, 4) is 11.4 Å². The number of fused-ring (bicyclic) bond motifs is 1. The van der Waals surface area contributed by atoms with Crippen LogP contribution in [-0.2, 0) is 20.8 Å². The molecule has 1 aromatic heterocycles. The quantitative estimate of drug-likeness (QED) is 0.447. The van der Waals surface area contributed by atoms with Crippen molar-refractivity contribution in [3.05, 3.63) is 65.4 Å². The van der Waals surface area contributed by atoms with Crippen LogP contribution in [0.2, 0.25) is 0 Å². The fourth-order valence-corrected chi connectivity index (χ4v) is 3.55. The van der Waals surface area contributed by atoms with E-state index >= 15 is 0 Å². The molecule has 0 saturated heterocycles. The third-order valence-corrected chi connectivity index (χ3v) is 5.27. The molecular weight excluding hydrogens is 450 g/mol. The molecule has 2 aliphatic rings. The number of anilines is 1. The third-order valence-electron chi connectivity index (χ3n) is 5.27. The number of hydrogen-bond acceptors (Lipinski definition) is 8. The van der Waals surface area contributed by atoms with Gasteiger partial charge in [-0.05, 0) is 43.2 Å². The molecule has 1 aliphatic carbocycles. The molecule has 2 heterocycles. The SMILES string of the molecule is CC(=O)Nc1ccc(-c2noc(CCC(=O)NCCCNC3=C4CC=CC=C4C(=O)N=N3)n2)cc1. The van der Waals surface area contributed by atoms with E-state index in [1.54, 1.807) is 30.3 Å². The average molecular weight is 476 g/mol. The van der Waals surface area contributed by atoms with Gasteiger partial charge in [0.2, 0.25) is 23.5 Å². The van der Waals surface area contributed by atoms with Gasteiger partial charge in [-0.15, -0.1) is 10.2 Å². The molecule has 180 valence electrons. The van der Waals surface area contributed by atoms with Gasteiger partial charge in [-0.25, -0.2) is 0 Å². The summed E-state index contributed by atoms with van der Waals surface area (Å²) in [4.78, 5) is 39.4. The van der Waals surface area contributed by atoms with E-state index in [2.05, 4.69) is 36.3 Å². The van der Waals surface area contributed by atoms with E-state index < -0.39 is 0 Å². The summed E-state index contributed by atoms with van der Waals surface area (Å²) in [5, 5.41) is 20.3. The van der Waals surface area contributed by atoms with Gasteiger partial charge in [0.1, 0.15) is 0 Å². The number of allylic oxidation sites excluding steroid dienone is 3. The molecule has 35 heavy (non-hydrogen) atoms. The van der Waals surface area contributed by atoms with Crippen LogP contribution in [0.3, 0.4) is 0 Å². The minimum absolute atomic E-state index is 0.114. The van der Waals surface area contributed by atoms with Crippen molar-refractivity contribution in [2.24, 2.45) is 10.2 Å². The van der Waals surface area contributed by atoms with Gasteiger partial charge in [0.15, 0.2) is 5.82 Å². The zero-order chi connectivity index (χ0) is 24.6. The second-order valence-corrected chi connectivity index (χ2v) is 7.95. The summed E-state index contributed by atoms with van der Waals surface area (Å²) in [6.45, 7) is 2.51. The lowest BCUT2D eigenvalue weighted by atomic mass is 9.97. The molecule has 0 bridgehead atoms. The number of amides is 3. The molecular formula is C24H25N7O4. The highest BCUT2D eigenvalue weighted by Gasteiger charge is 2.23. The third kappa shape index (κ3) is 6.34. The van der Waals surface area contributed by atoms with Crippen LogP contribution in [0.15, 0.2) is 74.2 Å². The lowest BCUT2D eigenvalue weighted by Gasteiger charge is -2.18. The predicted molar refractivity (Wildman–Crippen MR) is 127 cm³/mol. The standard InChI is InChI=1S/C24H25N7O4/c1-15(32)27-17-9-7-16(8-10-17)22-28-21(35-31-22)12-11-20(33)25-13-4-14-26-23-18-5-2-3-6-19(18)24(34)30-29-23/h2-3,6-10,26H,4-5,11-14H2,1H3,(H,25,33)(H,27,32).